The minimum atomic E-state index is 0.0714. The zero-order valence-corrected chi connectivity index (χ0v) is 16.6. The molecule has 1 rings (SSSR count). The first-order valence-electron chi connectivity index (χ1n) is 10.6. The highest BCUT2D eigenvalue weighted by Gasteiger charge is 2.11. The third-order valence-electron chi connectivity index (χ3n) is 5.02. The number of carbonyl (C=O) groups excluding carboxylic acids is 1. The number of amides is 1. The Morgan fingerprint density at radius 1 is 0.800 bits per heavy atom. The molecule has 0 aliphatic rings. The molecule has 0 aliphatic heterocycles. The van der Waals surface area contributed by atoms with E-state index in [9.17, 15) is 4.79 Å². The molecule has 0 saturated carbocycles. The van der Waals surface area contributed by atoms with Crippen LogP contribution in [0.4, 0.5) is 0 Å². The Morgan fingerprint density at radius 3 is 1.92 bits per heavy atom. The highest BCUT2D eigenvalue weighted by atomic mass is 16.1. The summed E-state index contributed by atoms with van der Waals surface area (Å²) in [5.41, 5.74) is 0.770. The van der Waals surface area contributed by atoms with Gasteiger partial charge in [-0.1, -0.05) is 96.3 Å². The van der Waals surface area contributed by atoms with E-state index in [0.29, 0.717) is 5.92 Å². The molecule has 25 heavy (non-hydrogen) atoms. The summed E-state index contributed by atoms with van der Waals surface area (Å²) >= 11 is 0. The lowest BCUT2D eigenvalue weighted by Crippen LogP contribution is -2.29. The molecule has 2 heteroatoms. The molecule has 1 N–H and O–H groups in total. The average molecular weight is 346 g/mol. The maximum atomic E-state index is 12.3. The molecule has 0 saturated heterocycles. The molecule has 0 aliphatic carbocycles. The average Bonchev–Trinajstić information content (AvgIpc) is 2.65. The predicted molar refractivity (Wildman–Crippen MR) is 109 cm³/mol. The summed E-state index contributed by atoms with van der Waals surface area (Å²) in [6.07, 6.45) is 15.8. The van der Waals surface area contributed by atoms with Crippen molar-refractivity contribution in [1.82, 2.24) is 5.32 Å². The first-order chi connectivity index (χ1) is 12.3. The molecule has 1 amide bonds. The molecule has 0 heterocycles. The number of benzene rings is 1. The lowest BCUT2D eigenvalue weighted by molar-refractivity contribution is 0.0945. The van der Waals surface area contributed by atoms with E-state index in [0.717, 1.165) is 12.1 Å². The zero-order valence-electron chi connectivity index (χ0n) is 16.6. The molecule has 1 aromatic rings. The maximum Gasteiger partial charge on any atom is 0.251 e. The van der Waals surface area contributed by atoms with Crippen molar-refractivity contribution in [1.29, 1.82) is 0 Å². The number of carbonyl (C=O) groups is 1. The first-order valence-corrected chi connectivity index (χ1v) is 10.6. The predicted octanol–water partition coefficient (Wildman–Crippen LogP) is 6.75. The smallest absolute Gasteiger partial charge is 0.251 e. The van der Waals surface area contributed by atoms with Gasteiger partial charge in [0.05, 0.1) is 0 Å². The van der Waals surface area contributed by atoms with E-state index in [2.05, 4.69) is 19.2 Å². The molecule has 0 radical (unpaired) electrons. The number of hydrogen-bond acceptors (Lipinski definition) is 1. The summed E-state index contributed by atoms with van der Waals surface area (Å²) < 4.78 is 0. The van der Waals surface area contributed by atoms with Crippen LogP contribution in [0, 0.1) is 5.92 Å². The monoisotopic (exact) mass is 345 g/mol. The molecule has 0 aromatic heterocycles. The molecule has 0 spiro atoms. The lowest BCUT2D eigenvalue weighted by Gasteiger charge is -2.18. The van der Waals surface area contributed by atoms with Gasteiger partial charge in [-0.3, -0.25) is 4.79 Å². The Balaban J connectivity index is 2.32. The second-order valence-electron chi connectivity index (χ2n) is 7.35. The first kappa shape index (κ1) is 21.7. The maximum absolute atomic E-state index is 12.3. The Bertz CT molecular complexity index is 429. The zero-order chi connectivity index (χ0) is 18.2. The third-order valence-corrected chi connectivity index (χ3v) is 5.02. The van der Waals surface area contributed by atoms with E-state index in [-0.39, 0.29) is 5.91 Å². The van der Waals surface area contributed by atoms with Gasteiger partial charge in [0.2, 0.25) is 0 Å². The van der Waals surface area contributed by atoms with E-state index in [4.69, 9.17) is 0 Å². The van der Waals surface area contributed by atoms with Crippen LogP contribution in [0.5, 0.6) is 0 Å². The van der Waals surface area contributed by atoms with Gasteiger partial charge >= 0.3 is 0 Å². The summed E-state index contributed by atoms with van der Waals surface area (Å²) in [6.45, 7) is 5.35. The van der Waals surface area contributed by atoms with Gasteiger partial charge in [-0.15, -0.1) is 0 Å². The quantitative estimate of drug-likeness (QED) is 0.350. The highest BCUT2D eigenvalue weighted by molar-refractivity contribution is 5.94. The molecular formula is C23H39NO. The van der Waals surface area contributed by atoms with Crippen LogP contribution in [0.15, 0.2) is 30.3 Å². The van der Waals surface area contributed by atoms with Crippen molar-refractivity contribution in [2.24, 2.45) is 5.92 Å². The summed E-state index contributed by atoms with van der Waals surface area (Å²) in [4.78, 5) is 12.3. The van der Waals surface area contributed by atoms with Crippen LogP contribution in [0.1, 0.15) is 101 Å². The number of hydrogen-bond donors (Lipinski definition) is 1. The van der Waals surface area contributed by atoms with Gasteiger partial charge in [0.15, 0.2) is 0 Å². The van der Waals surface area contributed by atoms with Crippen molar-refractivity contribution in [2.45, 2.75) is 90.9 Å². The summed E-state index contributed by atoms with van der Waals surface area (Å²) in [5, 5.41) is 3.16. The van der Waals surface area contributed by atoms with Crippen LogP contribution in [-0.4, -0.2) is 12.5 Å². The van der Waals surface area contributed by atoms with Gasteiger partial charge in [0, 0.05) is 12.1 Å². The molecule has 0 fully saturated rings. The van der Waals surface area contributed by atoms with Crippen molar-refractivity contribution in [3.8, 4) is 0 Å². The molecule has 0 bridgehead atoms. The fourth-order valence-corrected chi connectivity index (χ4v) is 3.35. The van der Waals surface area contributed by atoms with E-state index in [1.54, 1.807) is 0 Å². The topological polar surface area (TPSA) is 29.1 Å². The second kappa shape index (κ2) is 15.0. The molecule has 142 valence electrons. The fourth-order valence-electron chi connectivity index (χ4n) is 3.35. The van der Waals surface area contributed by atoms with E-state index in [1.165, 1.54) is 77.0 Å². The fraction of sp³-hybridized carbons (Fsp3) is 0.696. The van der Waals surface area contributed by atoms with Crippen LogP contribution < -0.4 is 5.32 Å². The normalized spacial score (nSPS) is 12.1. The summed E-state index contributed by atoms with van der Waals surface area (Å²) in [6, 6.07) is 9.57. The van der Waals surface area contributed by atoms with Crippen molar-refractivity contribution in [2.75, 3.05) is 6.54 Å². The van der Waals surface area contributed by atoms with Crippen molar-refractivity contribution in [3.63, 3.8) is 0 Å². The largest absolute Gasteiger partial charge is 0.352 e. The number of unbranched alkanes of at least 4 members (excludes halogenated alkanes) is 8. The van der Waals surface area contributed by atoms with Crippen LogP contribution >= 0.6 is 0 Å². The van der Waals surface area contributed by atoms with Crippen molar-refractivity contribution < 1.29 is 4.79 Å². The van der Waals surface area contributed by atoms with Gasteiger partial charge in [0.25, 0.3) is 5.91 Å². The van der Waals surface area contributed by atoms with Crippen molar-refractivity contribution >= 4 is 5.91 Å². The molecule has 1 atom stereocenters. The van der Waals surface area contributed by atoms with Crippen LogP contribution in [0.3, 0.4) is 0 Å². The second-order valence-corrected chi connectivity index (χ2v) is 7.35. The van der Waals surface area contributed by atoms with Crippen LogP contribution in [0.2, 0.25) is 0 Å². The molecular weight excluding hydrogens is 306 g/mol. The number of rotatable bonds is 15. The Kier molecular flexibility index (Phi) is 13.0. The Labute approximate surface area is 155 Å². The van der Waals surface area contributed by atoms with Crippen LogP contribution in [0.25, 0.3) is 0 Å². The molecule has 1 unspecified atom stereocenters. The van der Waals surface area contributed by atoms with Crippen molar-refractivity contribution in [3.05, 3.63) is 35.9 Å². The highest BCUT2D eigenvalue weighted by Crippen LogP contribution is 2.18. The molecule has 1 aromatic carbocycles. The van der Waals surface area contributed by atoms with Gasteiger partial charge in [-0.25, -0.2) is 0 Å². The number of nitrogens with one attached hydrogen (secondary N) is 1. The van der Waals surface area contributed by atoms with E-state index in [1.807, 2.05) is 30.3 Å². The summed E-state index contributed by atoms with van der Waals surface area (Å²) in [5.74, 6) is 0.706. The minimum absolute atomic E-state index is 0.0714. The van der Waals surface area contributed by atoms with E-state index >= 15 is 0 Å². The van der Waals surface area contributed by atoms with Gasteiger partial charge in [-0.2, -0.15) is 0 Å². The van der Waals surface area contributed by atoms with Crippen LogP contribution in [-0.2, 0) is 0 Å². The SMILES string of the molecule is CCCCCCCCC(CCCCCC)CNC(=O)c1ccccc1. The Hall–Kier alpha value is -1.31. The minimum Gasteiger partial charge on any atom is -0.352 e. The van der Waals surface area contributed by atoms with Gasteiger partial charge in [-0.05, 0) is 30.9 Å². The Morgan fingerprint density at radius 2 is 1.32 bits per heavy atom. The summed E-state index contributed by atoms with van der Waals surface area (Å²) in [7, 11) is 0. The molecule has 2 nitrogen and oxygen atoms in total. The van der Waals surface area contributed by atoms with Gasteiger partial charge < -0.3 is 5.32 Å². The standard InChI is InChI=1S/C23H39NO/c1-3-5-7-9-10-13-17-21(16-12-8-6-4-2)20-24-23(25)22-18-14-11-15-19-22/h11,14-15,18-19,21H,3-10,12-13,16-17,20H2,1-2H3,(H,24,25). The van der Waals surface area contributed by atoms with Gasteiger partial charge in [0.1, 0.15) is 0 Å². The van der Waals surface area contributed by atoms with E-state index < -0.39 is 0 Å². The lowest BCUT2D eigenvalue weighted by atomic mass is 9.94. The third kappa shape index (κ3) is 11.0.